The quantitative estimate of drug-likeness (QED) is 0.235. The van der Waals surface area contributed by atoms with Crippen LogP contribution in [0.3, 0.4) is 0 Å². The zero-order valence-electron chi connectivity index (χ0n) is 21.6. The summed E-state index contributed by atoms with van der Waals surface area (Å²) in [5.74, 6) is -1.95. The number of carboxylic acid groups (broad SMARTS) is 1. The van der Waals surface area contributed by atoms with E-state index in [0.29, 0.717) is 28.1 Å². The van der Waals surface area contributed by atoms with Crippen molar-refractivity contribution in [1.29, 1.82) is 0 Å². The number of aliphatic hydroxyl groups is 1. The Balaban J connectivity index is 1.21. The van der Waals surface area contributed by atoms with Crippen LogP contribution in [0, 0.1) is 0 Å². The second-order valence-electron chi connectivity index (χ2n) is 9.83. The van der Waals surface area contributed by atoms with E-state index in [1.807, 2.05) is 0 Å². The molecule has 3 atom stereocenters. The number of hydrogen-bond acceptors (Lipinski definition) is 8. The highest BCUT2D eigenvalue weighted by Gasteiger charge is 2.34. The topological polar surface area (TPSA) is 184 Å². The van der Waals surface area contributed by atoms with Crippen LogP contribution in [0.5, 0.6) is 5.75 Å². The molecule has 0 bridgehead atoms. The molecule has 0 radical (unpaired) electrons. The molecule has 13 heteroatoms. The van der Waals surface area contributed by atoms with Gasteiger partial charge in [-0.1, -0.05) is 12.1 Å². The lowest BCUT2D eigenvalue weighted by atomic mass is 10.0. The van der Waals surface area contributed by atoms with Crippen molar-refractivity contribution < 1.29 is 34.1 Å². The summed E-state index contributed by atoms with van der Waals surface area (Å²) in [5, 5.41) is 32.4. The second kappa shape index (κ2) is 10.0. The number of carbonyl (C=O) groups is 4. The van der Waals surface area contributed by atoms with Gasteiger partial charge in [0.15, 0.2) is 11.8 Å². The Labute approximate surface area is 232 Å². The number of carbonyl (C=O) groups excluding carboxylic acids is 3. The van der Waals surface area contributed by atoms with E-state index in [0.717, 1.165) is 0 Å². The van der Waals surface area contributed by atoms with Gasteiger partial charge in [0.05, 0.1) is 29.6 Å². The molecule has 0 saturated heterocycles. The molecule has 41 heavy (non-hydrogen) atoms. The SMILES string of the molecule is CC1Oc2ccc(CNC(=O)c3cc(C(=O)N[C@@H]4c5ccc(C(=O)O)cc5C[C@H]4O)n4nccc4n3)cc2NC1=O. The predicted molar refractivity (Wildman–Crippen MR) is 143 cm³/mol. The van der Waals surface area contributed by atoms with Crippen molar-refractivity contribution in [2.45, 2.75) is 38.1 Å². The van der Waals surface area contributed by atoms with E-state index in [2.05, 4.69) is 26.0 Å². The number of carboxylic acids is 1. The van der Waals surface area contributed by atoms with Gasteiger partial charge in [0.1, 0.15) is 17.1 Å². The molecule has 0 fully saturated rings. The van der Waals surface area contributed by atoms with Crippen molar-refractivity contribution in [2.75, 3.05) is 5.32 Å². The van der Waals surface area contributed by atoms with Crippen LogP contribution in [0.2, 0.25) is 0 Å². The number of aliphatic hydroxyl groups excluding tert-OH is 1. The van der Waals surface area contributed by atoms with Gasteiger partial charge in [-0.2, -0.15) is 5.10 Å². The molecule has 2 aromatic carbocycles. The van der Waals surface area contributed by atoms with Gasteiger partial charge in [0.2, 0.25) is 0 Å². The lowest BCUT2D eigenvalue weighted by Gasteiger charge is -2.23. The zero-order valence-corrected chi connectivity index (χ0v) is 21.6. The summed E-state index contributed by atoms with van der Waals surface area (Å²) in [6.45, 7) is 1.77. The molecule has 3 heterocycles. The molecule has 1 aliphatic carbocycles. The van der Waals surface area contributed by atoms with Crippen LogP contribution in [-0.4, -0.2) is 60.7 Å². The number of amides is 3. The molecule has 0 spiro atoms. The van der Waals surface area contributed by atoms with Gasteiger partial charge in [-0.25, -0.2) is 14.3 Å². The average Bonchev–Trinajstić information content (AvgIpc) is 3.55. The minimum Gasteiger partial charge on any atom is -0.479 e. The Bertz CT molecular complexity index is 1750. The summed E-state index contributed by atoms with van der Waals surface area (Å²) in [6, 6.07) is 11.7. The Kier molecular flexibility index (Phi) is 6.34. The molecule has 13 nitrogen and oxygen atoms in total. The number of nitrogens with zero attached hydrogens (tertiary/aromatic N) is 3. The van der Waals surface area contributed by atoms with Crippen LogP contribution >= 0.6 is 0 Å². The first kappa shape index (κ1) is 26.0. The summed E-state index contributed by atoms with van der Waals surface area (Å²) in [7, 11) is 0. The average molecular weight is 557 g/mol. The number of benzene rings is 2. The van der Waals surface area contributed by atoms with E-state index >= 15 is 0 Å². The van der Waals surface area contributed by atoms with E-state index in [1.54, 1.807) is 37.3 Å². The summed E-state index contributed by atoms with van der Waals surface area (Å²) in [4.78, 5) is 54.0. The number of rotatable bonds is 6. The molecule has 1 aliphatic heterocycles. The van der Waals surface area contributed by atoms with Gasteiger partial charge < -0.3 is 30.9 Å². The van der Waals surface area contributed by atoms with Gasteiger partial charge in [-0.15, -0.1) is 0 Å². The highest BCUT2D eigenvalue weighted by atomic mass is 16.5. The lowest BCUT2D eigenvalue weighted by molar-refractivity contribution is -0.122. The van der Waals surface area contributed by atoms with Crippen molar-refractivity contribution in [3.8, 4) is 5.75 Å². The number of hydrogen-bond donors (Lipinski definition) is 5. The van der Waals surface area contributed by atoms with Crippen molar-refractivity contribution >= 4 is 35.0 Å². The van der Waals surface area contributed by atoms with E-state index in [4.69, 9.17) is 4.74 Å². The molecular formula is C28H24N6O7. The number of aromatic carboxylic acids is 1. The third-order valence-electron chi connectivity index (χ3n) is 7.08. The monoisotopic (exact) mass is 556 g/mol. The summed E-state index contributed by atoms with van der Waals surface area (Å²) in [6.07, 6.45) is 0.0597. The molecule has 2 aromatic heterocycles. The summed E-state index contributed by atoms with van der Waals surface area (Å²) in [5.41, 5.74) is 2.82. The highest BCUT2D eigenvalue weighted by molar-refractivity contribution is 5.99. The maximum absolute atomic E-state index is 13.4. The van der Waals surface area contributed by atoms with E-state index in [9.17, 15) is 29.4 Å². The first-order valence-electron chi connectivity index (χ1n) is 12.8. The van der Waals surface area contributed by atoms with E-state index in [1.165, 1.54) is 28.9 Å². The van der Waals surface area contributed by atoms with Gasteiger partial charge in [0, 0.05) is 25.1 Å². The van der Waals surface area contributed by atoms with E-state index < -0.39 is 36.0 Å². The number of nitrogens with one attached hydrogen (secondary N) is 3. The molecule has 5 N–H and O–H groups in total. The van der Waals surface area contributed by atoms with Crippen LogP contribution in [0.15, 0.2) is 54.7 Å². The maximum Gasteiger partial charge on any atom is 0.335 e. The Morgan fingerprint density at radius 2 is 1.95 bits per heavy atom. The van der Waals surface area contributed by atoms with Crippen LogP contribution in [0.25, 0.3) is 5.65 Å². The lowest BCUT2D eigenvalue weighted by Crippen LogP contribution is -2.35. The minimum absolute atomic E-state index is 0.0231. The molecule has 4 aromatic rings. The normalized spacial score (nSPS) is 19.1. The van der Waals surface area contributed by atoms with Crippen molar-refractivity contribution in [3.63, 3.8) is 0 Å². The molecule has 208 valence electrons. The van der Waals surface area contributed by atoms with Gasteiger partial charge in [-0.05, 0) is 47.9 Å². The van der Waals surface area contributed by atoms with Gasteiger partial charge in [-0.3, -0.25) is 14.4 Å². The predicted octanol–water partition coefficient (Wildman–Crippen LogP) is 1.46. The number of anilines is 1. The van der Waals surface area contributed by atoms with Gasteiger partial charge >= 0.3 is 5.97 Å². The maximum atomic E-state index is 13.4. The standard InChI is InChI=1S/C28H24N6O7/c1-13-25(36)32-18-8-14(2-5-22(18)41-13)12-29-26(37)19-11-20(34-23(31-19)6-7-30-34)27(38)33-24-17-4-3-15(28(39)40)9-16(17)10-21(24)35/h2-9,11,13,21,24,35H,10,12H2,1H3,(H,29,37)(H,32,36)(H,33,38)(H,39,40)/t13?,21-,24-/m1/s1. The Hall–Kier alpha value is -5.30. The third-order valence-corrected chi connectivity index (χ3v) is 7.08. The van der Waals surface area contributed by atoms with Crippen LogP contribution in [0.1, 0.15) is 61.0 Å². The molecule has 1 unspecified atom stereocenters. The minimum atomic E-state index is -1.08. The van der Waals surface area contributed by atoms with Crippen LogP contribution in [-0.2, 0) is 17.8 Å². The Morgan fingerprint density at radius 1 is 1.12 bits per heavy atom. The fourth-order valence-corrected chi connectivity index (χ4v) is 4.99. The molecule has 6 rings (SSSR count). The first-order valence-corrected chi connectivity index (χ1v) is 12.8. The number of ether oxygens (including phenoxy) is 1. The van der Waals surface area contributed by atoms with E-state index in [-0.39, 0.29) is 41.5 Å². The largest absolute Gasteiger partial charge is 0.479 e. The number of aromatic nitrogens is 3. The summed E-state index contributed by atoms with van der Waals surface area (Å²) >= 11 is 0. The molecule has 2 aliphatic rings. The fourth-order valence-electron chi connectivity index (χ4n) is 4.99. The Morgan fingerprint density at radius 3 is 2.76 bits per heavy atom. The third kappa shape index (κ3) is 4.82. The smallest absolute Gasteiger partial charge is 0.335 e. The van der Waals surface area contributed by atoms with Gasteiger partial charge in [0.25, 0.3) is 17.7 Å². The van der Waals surface area contributed by atoms with Crippen LogP contribution < -0.4 is 20.7 Å². The van der Waals surface area contributed by atoms with Crippen molar-refractivity contribution in [2.24, 2.45) is 0 Å². The summed E-state index contributed by atoms with van der Waals surface area (Å²) < 4.78 is 6.84. The van der Waals surface area contributed by atoms with Crippen molar-refractivity contribution in [3.05, 3.63) is 88.4 Å². The van der Waals surface area contributed by atoms with Crippen LogP contribution in [0.4, 0.5) is 5.69 Å². The van der Waals surface area contributed by atoms with Crippen molar-refractivity contribution in [1.82, 2.24) is 25.2 Å². The second-order valence-corrected chi connectivity index (χ2v) is 9.83. The molecule has 3 amide bonds. The number of fused-ring (bicyclic) bond motifs is 3. The zero-order chi connectivity index (χ0) is 28.8. The highest BCUT2D eigenvalue weighted by Crippen LogP contribution is 2.33. The fraction of sp³-hybridized carbons (Fsp3) is 0.214. The molecular weight excluding hydrogens is 532 g/mol. The molecule has 0 saturated carbocycles. The first-order chi connectivity index (χ1) is 19.7.